The maximum absolute atomic E-state index is 12.6. The fraction of sp³-hybridized carbons (Fsp3) is 0.474. The van der Waals surface area contributed by atoms with Gasteiger partial charge in [0.05, 0.1) is 18.7 Å². The van der Waals surface area contributed by atoms with Gasteiger partial charge in [-0.2, -0.15) is 0 Å². The number of benzene rings is 1. The second kappa shape index (κ2) is 6.67. The molecule has 5 nitrogen and oxygen atoms in total. The lowest BCUT2D eigenvalue weighted by Gasteiger charge is -2.37. The Balaban J connectivity index is 2.02. The third-order valence-corrected chi connectivity index (χ3v) is 4.77. The highest BCUT2D eigenvalue weighted by molar-refractivity contribution is 6.01. The normalized spacial score (nSPS) is 22.8. The molecule has 1 aromatic rings. The summed E-state index contributed by atoms with van der Waals surface area (Å²) in [5.74, 6) is -0.332. The van der Waals surface area contributed by atoms with Crippen molar-refractivity contribution in [1.29, 1.82) is 0 Å². The summed E-state index contributed by atoms with van der Waals surface area (Å²) in [5.41, 5.74) is 2.69. The fourth-order valence-corrected chi connectivity index (χ4v) is 3.82. The number of esters is 1. The highest BCUT2D eigenvalue weighted by atomic mass is 16.5. The summed E-state index contributed by atoms with van der Waals surface area (Å²) in [5, 5.41) is 2.96. The Morgan fingerprint density at radius 2 is 1.92 bits per heavy atom. The van der Waals surface area contributed by atoms with Gasteiger partial charge in [-0.15, -0.1) is 0 Å². The van der Waals surface area contributed by atoms with E-state index in [4.69, 9.17) is 4.74 Å². The highest BCUT2D eigenvalue weighted by Gasteiger charge is 2.46. The van der Waals surface area contributed by atoms with Crippen LogP contribution in [0.3, 0.4) is 0 Å². The first-order valence-electron chi connectivity index (χ1n) is 8.48. The molecular weight excluding hydrogens is 304 g/mol. The van der Waals surface area contributed by atoms with Gasteiger partial charge in [-0.25, -0.2) is 9.59 Å². The standard InChI is InChI=1S/C19H24N2O3/c1-12(2)20-19(23)21-14-9-10-16(21)17(18(22)24-3)15(11-14)13-7-5-4-6-8-13/h4-8,12,14,16H,9-11H2,1-3H3,(H,20,23)/t14-,16+/m0/s1. The predicted molar refractivity (Wildman–Crippen MR) is 92.3 cm³/mol. The van der Waals surface area contributed by atoms with E-state index >= 15 is 0 Å². The van der Waals surface area contributed by atoms with E-state index < -0.39 is 0 Å². The average molecular weight is 328 g/mol. The van der Waals surface area contributed by atoms with Crippen molar-refractivity contribution in [3.05, 3.63) is 41.5 Å². The predicted octanol–water partition coefficient (Wildman–Crippen LogP) is 2.97. The summed E-state index contributed by atoms with van der Waals surface area (Å²) in [4.78, 5) is 26.9. The third kappa shape index (κ3) is 2.90. The van der Waals surface area contributed by atoms with Crippen LogP contribution in [0, 0.1) is 0 Å². The van der Waals surface area contributed by atoms with Gasteiger partial charge >= 0.3 is 12.0 Å². The lowest BCUT2D eigenvalue weighted by atomic mass is 9.88. The summed E-state index contributed by atoms with van der Waals surface area (Å²) >= 11 is 0. The topological polar surface area (TPSA) is 58.6 Å². The molecule has 1 saturated heterocycles. The lowest BCUT2D eigenvalue weighted by Crippen LogP contribution is -2.52. The average Bonchev–Trinajstić information content (AvgIpc) is 2.88. The van der Waals surface area contributed by atoms with Crippen molar-refractivity contribution in [2.75, 3.05) is 7.11 Å². The zero-order valence-corrected chi connectivity index (χ0v) is 14.4. The van der Waals surface area contributed by atoms with Crippen LogP contribution in [0.2, 0.25) is 0 Å². The van der Waals surface area contributed by atoms with Gasteiger partial charge in [-0.3, -0.25) is 0 Å². The van der Waals surface area contributed by atoms with Gasteiger partial charge < -0.3 is 15.0 Å². The molecule has 2 atom stereocenters. The lowest BCUT2D eigenvalue weighted by molar-refractivity contribution is -0.136. The van der Waals surface area contributed by atoms with Crippen molar-refractivity contribution >= 4 is 17.6 Å². The molecule has 0 aromatic heterocycles. The van der Waals surface area contributed by atoms with E-state index in [0.29, 0.717) is 12.0 Å². The number of fused-ring (bicyclic) bond motifs is 2. The van der Waals surface area contributed by atoms with Crippen LogP contribution in [0.15, 0.2) is 35.9 Å². The summed E-state index contributed by atoms with van der Waals surface area (Å²) < 4.78 is 5.05. The van der Waals surface area contributed by atoms with Gasteiger partial charge in [0.15, 0.2) is 0 Å². The number of hydrogen-bond acceptors (Lipinski definition) is 3. The molecule has 1 fully saturated rings. The number of amides is 2. The minimum Gasteiger partial charge on any atom is -0.466 e. The summed E-state index contributed by atoms with van der Waals surface area (Å²) in [6.07, 6.45) is 2.40. The van der Waals surface area contributed by atoms with Gasteiger partial charge in [-0.1, -0.05) is 30.3 Å². The van der Waals surface area contributed by atoms with Crippen LogP contribution in [-0.4, -0.2) is 42.1 Å². The minimum absolute atomic E-state index is 0.0676. The zero-order chi connectivity index (χ0) is 17.3. The van der Waals surface area contributed by atoms with Crippen molar-refractivity contribution in [2.24, 2.45) is 0 Å². The van der Waals surface area contributed by atoms with Crippen LogP contribution in [0.1, 0.15) is 38.7 Å². The monoisotopic (exact) mass is 328 g/mol. The minimum atomic E-state index is -0.332. The molecule has 2 bridgehead atoms. The highest BCUT2D eigenvalue weighted by Crippen LogP contribution is 2.43. The molecular formula is C19H24N2O3. The Hall–Kier alpha value is -2.30. The Kier molecular flexibility index (Phi) is 4.60. The van der Waals surface area contributed by atoms with Crippen molar-refractivity contribution in [3.8, 4) is 0 Å². The summed E-state index contributed by atoms with van der Waals surface area (Å²) in [7, 11) is 1.40. The van der Waals surface area contributed by atoms with Crippen LogP contribution >= 0.6 is 0 Å². The number of urea groups is 1. The third-order valence-electron chi connectivity index (χ3n) is 4.77. The van der Waals surface area contributed by atoms with Gasteiger partial charge in [-0.05, 0) is 44.2 Å². The largest absolute Gasteiger partial charge is 0.466 e. The maximum Gasteiger partial charge on any atom is 0.336 e. The molecule has 0 spiro atoms. The van der Waals surface area contributed by atoms with E-state index in [1.807, 2.05) is 49.1 Å². The molecule has 2 aliphatic rings. The Morgan fingerprint density at radius 1 is 1.21 bits per heavy atom. The number of methoxy groups -OCH3 is 1. The van der Waals surface area contributed by atoms with Gasteiger partial charge in [0.1, 0.15) is 0 Å². The second-order valence-corrected chi connectivity index (χ2v) is 6.71. The SMILES string of the molecule is COC(=O)C1=C(c2ccccc2)C[C@@H]2CC[C@H]1N2C(=O)NC(C)C. The number of hydrogen-bond donors (Lipinski definition) is 1. The molecule has 2 amide bonds. The van der Waals surface area contributed by atoms with E-state index in [-0.39, 0.29) is 30.1 Å². The molecule has 128 valence electrons. The maximum atomic E-state index is 12.6. The van der Waals surface area contributed by atoms with Crippen LogP contribution in [0.5, 0.6) is 0 Å². The van der Waals surface area contributed by atoms with E-state index in [0.717, 1.165) is 24.0 Å². The second-order valence-electron chi connectivity index (χ2n) is 6.71. The van der Waals surface area contributed by atoms with Gasteiger partial charge in [0.2, 0.25) is 0 Å². The quantitative estimate of drug-likeness (QED) is 0.868. The first kappa shape index (κ1) is 16.6. The first-order chi connectivity index (χ1) is 11.5. The molecule has 2 aliphatic heterocycles. The van der Waals surface area contributed by atoms with Crippen molar-refractivity contribution in [2.45, 2.75) is 51.2 Å². The number of nitrogens with one attached hydrogen (secondary N) is 1. The van der Waals surface area contributed by atoms with Crippen LogP contribution in [0.4, 0.5) is 4.79 Å². The molecule has 0 aliphatic carbocycles. The molecule has 2 heterocycles. The van der Waals surface area contributed by atoms with Crippen molar-refractivity contribution < 1.29 is 14.3 Å². The number of nitrogens with zero attached hydrogens (tertiary/aromatic N) is 1. The Bertz CT molecular complexity index is 666. The van der Waals surface area contributed by atoms with E-state index in [9.17, 15) is 9.59 Å². The number of carbonyl (C=O) groups is 2. The molecule has 0 radical (unpaired) electrons. The number of carbonyl (C=O) groups excluding carboxylic acids is 2. The van der Waals surface area contributed by atoms with Crippen LogP contribution in [0.25, 0.3) is 5.57 Å². The molecule has 24 heavy (non-hydrogen) atoms. The smallest absolute Gasteiger partial charge is 0.336 e. The van der Waals surface area contributed by atoms with Gasteiger partial charge in [0, 0.05) is 12.1 Å². The first-order valence-corrected chi connectivity index (χ1v) is 8.48. The summed E-state index contributed by atoms with van der Waals surface area (Å²) in [6, 6.07) is 9.84. The molecule has 3 rings (SSSR count). The Labute approximate surface area is 142 Å². The Morgan fingerprint density at radius 3 is 2.54 bits per heavy atom. The molecule has 1 aromatic carbocycles. The zero-order valence-electron chi connectivity index (χ0n) is 14.4. The van der Waals surface area contributed by atoms with E-state index in [1.165, 1.54) is 7.11 Å². The summed E-state index contributed by atoms with van der Waals surface area (Å²) in [6.45, 7) is 3.88. The number of rotatable bonds is 3. The van der Waals surface area contributed by atoms with Crippen LogP contribution < -0.4 is 5.32 Å². The fourth-order valence-electron chi connectivity index (χ4n) is 3.82. The number of ether oxygens (including phenoxy) is 1. The van der Waals surface area contributed by atoms with Crippen molar-refractivity contribution in [3.63, 3.8) is 0 Å². The van der Waals surface area contributed by atoms with E-state index in [1.54, 1.807) is 0 Å². The van der Waals surface area contributed by atoms with E-state index in [2.05, 4.69) is 5.32 Å². The molecule has 0 unspecified atom stereocenters. The van der Waals surface area contributed by atoms with Gasteiger partial charge in [0.25, 0.3) is 0 Å². The van der Waals surface area contributed by atoms with Crippen molar-refractivity contribution in [1.82, 2.24) is 10.2 Å². The molecule has 5 heteroatoms. The van der Waals surface area contributed by atoms with Crippen LogP contribution in [-0.2, 0) is 9.53 Å². The molecule has 0 saturated carbocycles. The molecule has 1 N–H and O–H groups in total.